The van der Waals surface area contributed by atoms with Crippen LogP contribution in [0.25, 0.3) is 10.8 Å². The number of amides is 3. The Hall–Kier alpha value is -3.67. The Labute approximate surface area is 231 Å². The third-order valence-electron chi connectivity index (χ3n) is 8.23. The fraction of sp³-hybridized carbons (Fsp3) is 0.424. The number of nitrogens with zero attached hydrogens (tertiary/aromatic N) is 2. The lowest BCUT2D eigenvalue weighted by molar-refractivity contribution is -0.141. The largest absolute Gasteiger partial charge is 0.352 e. The molecule has 0 bridgehead atoms. The third kappa shape index (κ3) is 5.85. The van der Waals surface area contributed by atoms with E-state index >= 15 is 0 Å². The Bertz CT molecular complexity index is 1340. The van der Waals surface area contributed by atoms with Gasteiger partial charge in [-0.2, -0.15) is 0 Å². The predicted molar refractivity (Wildman–Crippen MR) is 156 cm³/mol. The zero-order valence-corrected chi connectivity index (χ0v) is 23.1. The summed E-state index contributed by atoms with van der Waals surface area (Å²) < 4.78 is 0. The zero-order valence-electron chi connectivity index (χ0n) is 23.1. The molecule has 39 heavy (non-hydrogen) atoms. The summed E-state index contributed by atoms with van der Waals surface area (Å²) in [5.41, 5.74) is 3.80. The Kier molecular flexibility index (Phi) is 8.30. The van der Waals surface area contributed by atoms with Crippen molar-refractivity contribution in [1.82, 2.24) is 10.2 Å². The number of carbonyl (C=O) groups excluding carboxylic acids is 3. The van der Waals surface area contributed by atoms with Crippen molar-refractivity contribution in [2.24, 2.45) is 0 Å². The van der Waals surface area contributed by atoms with Gasteiger partial charge in [0.2, 0.25) is 11.8 Å². The van der Waals surface area contributed by atoms with E-state index in [0.717, 1.165) is 58.8 Å². The minimum Gasteiger partial charge on any atom is -0.352 e. The number of hydrogen-bond acceptors (Lipinski definition) is 3. The molecule has 6 nitrogen and oxygen atoms in total. The summed E-state index contributed by atoms with van der Waals surface area (Å²) in [5, 5.41) is 5.28. The lowest BCUT2D eigenvalue weighted by Crippen LogP contribution is -2.51. The molecule has 1 aliphatic carbocycles. The van der Waals surface area contributed by atoms with E-state index < -0.39 is 6.04 Å². The molecule has 1 N–H and O–H groups in total. The average molecular weight is 526 g/mol. The molecule has 3 aromatic rings. The maximum atomic E-state index is 13.7. The van der Waals surface area contributed by atoms with Crippen molar-refractivity contribution >= 4 is 34.2 Å². The van der Waals surface area contributed by atoms with E-state index in [1.807, 2.05) is 74.5 Å². The Morgan fingerprint density at radius 3 is 2.44 bits per heavy atom. The van der Waals surface area contributed by atoms with Crippen LogP contribution in [0.15, 0.2) is 60.7 Å². The van der Waals surface area contributed by atoms with Crippen LogP contribution < -0.4 is 10.2 Å². The van der Waals surface area contributed by atoms with Gasteiger partial charge < -0.3 is 15.1 Å². The first kappa shape index (κ1) is 26.9. The van der Waals surface area contributed by atoms with Crippen molar-refractivity contribution in [3.8, 4) is 0 Å². The van der Waals surface area contributed by atoms with Gasteiger partial charge >= 0.3 is 0 Å². The van der Waals surface area contributed by atoms with Gasteiger partial charge in [0.1, 0.15) is 6.04 Å². The predicted octanol–water partition coefficient (Wildman–Crippen LogP) is 6.14. The highest BCUT2D eigenvalue weighted by Gasteiger charge is 2.32. The first-order valence-corrected chi connectivity index (χ1v) is 14.4. The normalized spacial score (nSPS) is 15.9. The minimum atomic E-state index is -0.521. The SMILES string of the molecule is CC[C@@H](C(=O)NC1CCCCC1)N(Cc1ccc(C)cc1)C(=O)CCCN1C(=O)c2cccc3cccc1c23. The number of benzene rings is 3. The topological polar surface area (TPSA) is 69.7 Å². The van der Waals surface area contributed by atoms with Gasteiger partial charge in [-0.3, -0.25) is 14.4 Å². The van der Waals surface area contributed by atoms with E-state index in [9.17, 15) is 14.4 Å². The van der Waals surface area contributed by atoms with Crippen LogP contribution >= 0.6 is 0 Å². The van der Waals surface area contributed by atoms with Crippen LogP contribution in [0.2, 0.25) is 0 Å². The molecule has 204 valence electrons. The van der Waals surface area contributed by atoms with Gasteiger partial charge in [0.25, 0.3) is 5.91 Å². The van der Waals surface area contributed by atoms with Crippen LogP contribution in [0, 0.1) is 6.92 Å². The molecule has 6 heteroatoms. The summed E-state index contributed by atoms with van der Waals surface area (Å²) in [5.74, 6) is -0.116. The molecule has 1 atom stereocenters. The maximum Gasteiger partial charge on any atom is 0.258 e. The second-order valence-electron chi connectivity index (χ2n) is 11.0. The zero-order chi connectivity index (χ0) is 27.4. The standard InChI is InChI=1S/C33H39N3O3/c1-3-28(32(38)34-26-12-5-4-6-13-26)36(22-24-19-17-23(2)18-20-24)30(37)16-9-21-35-29-15-8-11-25-10-7-14-27(31(25)29)33(35)39/h7-8,10-11,14-15,17-20,26,28H,3-6,9,12-13,16,21-22H2,1-2H3,(H,34,38)/t28-/m0/s1. The second kappa shape index (κ2) is 12.0. The highest BCUT2D eigenvalue weighted by Crippen LogP contribution is 2.37. The maximum absolute atomic E-state index is 13.7. The van der Waals surface area contributed by atoms with Gasteiger partial charge in [-0.25, -0.2) is 0 Å². The highest BCUT2D eigenvalue weighted by molar-refractivity contribution is 6.25. The number of anilines is 1. The number of carbonyl (C=O) groups is 3. The van der Waals surface area contributed by atoms with E-state index in [2.05, 4.69) is 5.32 Å². The molecule has 1 heterocycles. The first-order chi connectivity index (χ1) is 19.0. The Morgan fingerprint density at radius 2 is 1.72 bits per heavy atom. The molecule has 1 fully saturated rings. The van der Waals surface area contributed by atoms with Crippen molar-refractivity contribution in [3.05, 3.63) is 77.4 Å². The molecule has 5 rings (SSSR count). The summed E-state index contributed by atoms with van der Waals surface area (Å²) in [6.07, 6.45) is 6.87. The highest BCUT2D eigenvalue weighted by atomic mass is 16.2. The van der Waals surface area contributed by atoms with E-state index in [4.69, 9.17) is 0 Å². The van der Waals surface area contributed by atoms with Gasteiger partial charge in [0, 0.05) is 36.5 Å². The minimum absolute atomic E-state index is 0.0101. The molecular formula is C33H39N3O3. The monoisotopic (exact) mass is 525 g/mol. The Balaban J connectivity index is 1.29. The summed E-state index contributed by atoms with van der Waals surface area (Å²) in [6.45, 7) is 4.86. The lowest BCUT2D eigenvalue weighted by Gasteiger charge is -2.33. The number of rotatable bonds is 10. The van der Waals surface area contributed by atoms with E-state index in [0.29, 0.717) is 25.9 Å². The van der Waals surface area contributed by atoms with E-state index in [1.165, 1.54) is 6.42 Å². The molecule has 0 aromatic heterocycles. The molecular weight excluding hydrogens is 486 g/mol. The molecule has 1 aliphatic heterocycles. The van der Waals surface area contributed by atoms with Crippen molar-refractivity contribution in [2.75, 3.05) is 11.4 Å². The van der Waals surface area contributed by atoms with Gasteiger partial charge in [-0.15, -0.1) is 0 Å². The molecule has 0 radical (unpaired) electrons. The molecule has 0 spiro atoms. The van der Waals surface area contributed by atoms with Crippen LogP contribution in [0.1, 0.15) is 79.8 Å². The molecule has 2 aliphatic rings. The first-order valence-electron chi connectivity index (χ1n) is 14.4. The summed E-state index contributed by atoms with van der Waals surface area (Å²) in [7, 11) is 0. The fourth-order valence-electron chi connectivity index (χ4n) is 6.09. The van der Waals surface area contributed by atoms with Crippen molar-refractivity contribution in [1.29, 1.82) is 0 Å². The van der Waals surface area contributed by atoms with Crippen LogP contribution in [0.3, 0.4) is 0 Å². The van der Waals surface area contributed by atoms with Crippen molar-refractivity contribution < 1.29 is 14.4 Å². The van der Waals surface area contributed by atoms with Gasteiger partial charge in [-0.05, 0) is 55.7 Å². The Morgan fingerprint density at radius 1 is 1.00 bits per heavy atom. The molecule has 0 saturated heterocycles. The van der Waals surface area contributed by atoms with Crippen LogP contribution in [-0.4, -0.2) is 41.2 Å². The number of nitrogens with one attached hydrogen (secondary N) is 1. The van der Waals surface area contributed by atoms with Crippen LogP contribution in [-0.2, 0) is 16.1 Å². The summed E-state index contributed by atoms with van der Waals surface area (Å²) in [6, 6.07) is 19.6. The molecule has 3 amide bonds. The molecule has 0 unspecified atom stereocenters. The number of aryl methyl sites for hydroxylation is 1. The molecule has 3 aromatic carbocycles. The van der Waals surface area contributed by atoms with Gasteiger partial charge in [-0.1, -0.05) is 80.3 Å². The van der Waals surface area contributed by atoms with Crippen LogP contribution in [0.4, 0.5) is 5.69 Å². The van der Waals surface area contributed by atoms with Crippen LogP contribution in [0.5, 0.6) is 0 Å². The lowest BCUT2D eigenvalue weighted by atomic mass is 9.95. The average Bonchev–Trinajstić information content (AvgIpc) is 3.22. The van der Waals surface area contributed by atoms with E-state index in [-0.39, 0.29) is 30.2 Å². The fourth-order valence-corrected chi connectivity index (χ4v) is 6.09. The summed E-state index contributed by atoms with van der Waals surface area (Å²) in [4.78, 5) is 43.9. The third-order valence-corrected chi connectivity index (χ3v) is 8.23. The quantitative estimate of drug-likeness (QED) is 0.345. The smallest absolute Gasteiger partial charge is 0.258 e. The second-order valence-corrected chi connectivity index (χ2v) is 11.0. The summed E-state index contributed by atoms with van der Waals surface area (Å²) >= 11 is 0. The van der Waals surface area contributed by atoms with Crippen molar-refractivity contribution in [2.45, 2.75) is 83.8 Å². The molecule has 1 saturated carbocycles. The van der Waals surface area contributed by atoms with Gasteiger partial charge in [0.15, 0.2) is 0 Å². The van der Waals surface area contributed by atoms with Crippen molar-refractivity contribution in [3.63, 3.8) is 0 Å². The van der Waals surface area contributed by atoms with Gasteiger partial charge in [0.05, 0.1) is 5.69 Å². The van der Waals surface area contributed by atoms with E-state index in [1.54, 1.807) is 9.80 Å². The number of hydrogen-bond donors (Lipinski definition) is 1.